The van der Waals surface area contributed by atoms with Crippen molar-refractivity contribution < 1.29 is 20.4 Å². The van der Waals surface area contributed by atoms with E-state index in [1.807, 2.05) is 12.1 Å². The molecule has 96 valence electrons. The number of benzene rings is 1. The molecule has 0 aromatic heterocycles. The zero-order valence-electron chi connectivity index (χ0n) is 9.63. The summed E-state index contributed by atoms with van der Waals surface area (Å²) in [5.41, 5.74) is 0. The fraction of sp³-hybridized carbons (Fsp3) is 0.500. The predicted octanol–water partition coefficient (Wildman–Crippen LogP) is 1.36. The molecule has 1 fully saturated rings. The average molecular weight is 258 g/mol. The molecule has 0 bridgehead atoms. The van der Waals surface area contributed by atoms with Crippen molar-refractivity contribution in [3.63, 3.8) is 0 Å². The highest BCUT2D eigenvalue weighted by atomic mass is 32.2. The highest BCUT2D eigenvalue weighted by molar-refractivity contribution is 7.97. The first-order chi connectivity index (χ1) is 7.81. The summed E-state index contributed by atoms with van der Waals surface area (Å²) in [6, 6.07) is 5.59. The van der Waals surface area contributed by atoms with E-state index in [1.54, 1.807) is 6.07 Å². The topological polar surface area (TPSA) is 79.7 Å². The molecular weight excluding hydrogens is 240 g/mol. The van der Waals surface area contributed by atoms with Crippen LogP contribution in [0.1, 0.15) is 12.8 Å². The van der Waals surface area contributed by atoms with E-state index in [0.29, 0.717) is 16.6 Å². The van der Waals surface area contributed by atoms with E-state index in [4.69, 9.17) is 9.84 Å². The highest BCUT2D eigenvalue weighted by Gasteiger charge is 2.27. The van der Waals surface area contributed by atoms with Crippen LogP contribution in [0.15, 0.2) is 23.1 Å². The summed E-state index contributed by atoms with van der Waals surface area (Å²) in [4.78, 5) is 1.27. The van der Waals surface area contributed by atoms with Gasteiger partial charge >= 0.3 is 0 Å². The smallest absolute Gasteiger partial charge is 0.166 e. The Hall–Kier alpha value is -0.910. The molecule has 0 amide bonds. The molecular formula is C12H18O4S. The van der Waals surface area contributed by atoms with E-state index in [9.17, 15) is 5.11 Å². The van der Waals surface area contributed by atoms with Crippen LogP contribution in [-0.2, 0) is 10.9 Å². The lowest BCUT2D eigenvalue weighted by molar-refractivity contribution is 0.197. The summed E-state index contributed by atoms with van der Waals surface area (Å²) in [7, 11) is 0.332. The van der Waals surface area contributed by atoms with Gasteiger partial charge in [-0.2, -0.15) is 0 Å². The minimum Gasteiger partial charge on any atom is -0.870 e. The predicted molar refractivity (Wildman–Crippen MR) is 67.2 cm³/mol. The van der Waals surface area contributed by atoms with Crippen molar-refractivity contribution in [2.75, 3.05) is 24.7 Å². The summed E-state index contributed by atoms with van der Waals surface area (Å²) < 4.78 is 5.29. The number of aromatic hydroxyl groups is 1. The van der Waals surface area contributed by atoms with E-state index in [0.717, 1.165) is 0 Å². The van der Waals surface area contributed by atoms with Gasteiger partial charge in [0.25, 0.3) is 0 Å². The van der Waals surface area contributed by atoms with E-state index in [2.05, 4.69) is 0 Å². The van der Waals surface area contributed by atoms with Crippen LogP contribution < -0.4 is 4.74 Å². The van der Waals surface area contributed by atoms with Gasteiger partial charge in [0.15, 0.2) is 16.4 Å². The fourth-order valence-corrected chi connectivity index (χ4v) is 4.15. The van der Waals surface area contributed by atoms with Crippen molar-refractivity contribution >= 4 is 10.9 Å². The van der Waals surface area contributed by atoms with Crippen LogP contribution >= 0.6 is 0 Å². The zero-order valence-corrected chi connectivity index (χ0v) is 10.4. The number of ether oxygens (including phenoxy) is 1. The Morgan fingerprint density at radius 1 is 1.24 bits per heavy atom. The van der Waals surface area contributed by atoms with Gasteiger partial charge in [-0.1, -0.05) is 0 Å². The van der Waals surface area contributed by atoms with Gasteiger partial charge in [0.05, 0.1) is 6.61 Å². The summed E-state index contributed by atoms with van der Waals surface area (Å²) in [6.07, 6.45) is 2.60. The summed E-state index contributed by atoms with van der Waals surface area (Å²) in [5, 5.41) is 18.3. The van der Waals surface area contributed by atoms with Crippen molar-refractivity contribution in [3.05, 3.63) is 18.2 Å². The Morgan fingerprint density at radius 3 is 2.59 bits per heavy atom. The van der Waals surface area contributed by atoms with Crippen molar-refractivity contribution in [2.45, 2.75) is 17.7 Å². The van der Waals surface area contributed by atoms with Gasteiger partial charge in [0.2, 0.25) is 0 Å². The van der Waals surface area contributed by atoms with E-state index in [-0.39, 0.29) is 24.4 Å². The molecule has 5 heteroatoms. The monoisotopic (exact) mass is 258 g/mol. The molecule has 1 heterocycles. The second kappa shape index (κ2) is 6.74. The molecule has 1 aliphatic rings. The molecule has 1 aromatic rings. The van der Waals surface area contributed by atoms with Crippen molar-refractivity contribution in [2.24, 2.45) is 0 Å². The molecule has 1 aliphatic heterocycles. The van der Waals surface area contributed by atoms with Crippen molar-refractivity contribution in [1.82, 2.24) is 0 Å². The van der Waals surface area contributed by atoms with Gasteiger partial charge < -0.3 is 20.4 Å². The Labute approximate surface area is 104 Å². The van der Waals surface area contributed by atoms with Gasteiger partial charge in [0, 0.05) is 17.0 Å². The maximum absolute atomic E-state index is 9.60. The lowest BCUT2D eigenvalue weighted by Gasteiger charge is -2.07. The van der Waals surface area contributed by atoms with Crippen LogP contribution in [0.25, 0.3) is 0 Å². The minimum atomic E-state index is -0.0324. The number of aliphatic hydroxyl groups is 1. The average Bonchev–Trinajstić information content (AvgIpc) is 2.81. The van der Waals surface area contributed by atoms with E-state index in [1.165, 1.54) is 29.2 Å². The second-order valence-corrected chi connectivity index (χ2v) is 6.08. The second-order valence-electron chi connectivity index (χ2n) is 3.81. The van der Waals surface area contributed by atoms with Crippen LogP contribution in [0.4, 0.5) is 0 Å². The minimum absolute atomic E-state index is 0. The number of hydrogen-bond donors (Lipinski definition) is 2. The molecule has 17 heavy (non-hydrogen) atoms. The van der Waals surface area contributed by atoms with Crippen LogP contribution in [-0.4, -0.2) is 40.4 Å². The van der Waals surface area contributed by atoms with Gasteiger partial charge in [-0.25, -0.2) is 0 Å². The van der Waals surface area contributed by atoms with E-state index >= 15 is 0 Å². The molecule has 0 aliphatic carbocycles. The lowest BCUT2D eigenvalue weighted by Crippen LogP contribution is -2.06. The Kier molecular flexibility index (Phi) is 5.61. The first-order valence-corrected chi connectivity index (χ1v) is 7.12. The maximum Gasteiger partial charge on any atom is 0.166 e. The molecule has 3 N–H and O–H groups in total. The quantitative estimate of drug-likeness (QED) is 0.799. The number of rotatable bonds is 4. The maximum atomic E-state index is 9.60. The third-order valence-electron chi connectivity index (χ3n) is 2.64. The largest absolute Gasteiger partial charge is 0.870 e. The first-order valence-electron chi connectivity index (χ1n) is 5.55. The Bertz CT molecular complexity index is 350. The lowest BCUT2D eigenvalue weighted by atomic mass is 10.3. The van der Waals surface area contributed by atoms with Gasteiger partial charge in [-0.15, -0.1) is 0 Å². The van der Waals surface area contributed by atoms with Crippen molar-refractivity contribution in [1.29, 1.82) is 0 Å². The van der Waals surface area contributed by atoms with Crippen LogP contribution in [0, 0.1) is 0 Å². The molecule has 0 saturated carbocycles. The Balaban J connectivity index is 0.00000144. The molecule has 4 nitrogen and oxygen atoms in total. The summed E-state index contributed by atoms with van der Waals surface area (Å²) >= 11 is 0. The third-order valence-corrected chi connectivity index (χ3v) is 5.13. The number of phenols is 1. The molecule has 1 aromatic carbocycles. The molecule has 2 rings (SSSR count). The van der Waals surface area contributed by atoms with Crippen molar-refractivity contribution in [3.8, 4) is 11.5 Å². The zero-order chi connectivity index (χ0) is 11.4. The summed E-state index contributed by atoms with van der Waals surface area (Å²) in [6.45, 7) is 0.195. The molecule has 0 spiro atoms. The van der Waals surface area contributed by atoms with E-state index < -0.39 is 0 Å². The normalized spacial score (nSPS) is 15.6. The molecule has 1 saturated heterocycles. The van der Waals surface area contributed by atoms with Crippen LogP contribution in [0.3, 0.4) is 0 Å². The van der Waals surface area contributed by atoms with Gasteiger partial charge in [0.1, 0.15) is 18.1 Å². The molecule has 0 radical (unpaired) electrons. The van der Waals surface area contributed by atoms with Crippen LogP contribution in [0.5, 0.6) is 11.5 Å². The summed E-state index contributed by atoms with van der Waals surface area (Å²) in [5.74, 6) is 3.15. The molecule has 0 unspecified atom stereocenters. The van der Waals surface area contributed by atoms with Gasteiger partial charge in [-0.3, -0.25) is 0 Å². The first kappa shape index (κ1) is 14.2. The SMILES string of the molecule is OCCOc1cc([S+]2CCCC2)ccc1O.[OH-]. The number of hydrogen-bond acceptors (Lipinski definition) is 4. The number of aliphatic hydroxyl groups excluding tert-OH is 1. The molecule has 0 atom stereocenters. The van der Waals surface area contributed by atoms with Crippen LogP contribution in [0.2, 0.25) is 0 Å². The standard InChI is InChI=1S/C12H16O3S.H2O/c13-5-6-15-12-9-10(3-4-11(12)14)16-7-1-2-8-16;/h3-4,9,13H,1-2,5-8H2;1H2. The third kappa shape index (κ3) is 3.52. The Morgan fingerprint density at radius 2 is 1.94 bits per heavy atom. The fourth-order valence-electron chi connectivity index (χ4n) is 1.84. The van der Waals surface area contributed by atoms with Gasteiger partial charge in [-0.05, 0) is 25.0 Å². The highest BCUT2D eigenvalue weighted by Crippen LogP contribution is 2.32. The number of phenolic OH excluding ortho intramolecular Hbond substituents is 1.